The number of nitrogens with zero attached hydrogens (tertiary/aromatic N) is 2. The number of ketones is 1. The molecule has 0 bridgehead atoms. The van der Waals surface area contributed by atoms with Crippen LogP contribution in [0.4, 0.5) is 0 Å². The van der Waals surface area contributed by atoms with Gasteiger partial charge in [0.2, 0.25) is 23.5 Å². The molecule has 0 radical (unpaired) electrons. The van der Waals surface area contributed by atoms with E-state index in [4.69, 9.17) is 10.5 Å². The molecule has 1 aromatic rings. The largest absolute Gasteiger partial charge is 0.496 e. The lowest BCUT2D eigenvalue weighted by atomic mass is 9.84. The number of rotatable bonds is 14. The van der Waals surface area contributed by atoms with Crippen LogP contribution in [0.5, 0.6) is 5.75 Å². The number of ether oxygens (including phenoxy) is 1. The maximum Gasteiger partial charge on any atom is 0.287 e. The predicted octanol–water partition coefficient (Wildman–Crippen LogP) is 3.94. The predicted molar refractivity (Wildman–Crippen MR) is 185 cm³/mol. The molecule has 2 saturated carbocycles. The number of hydrogen-bond donors (Lipinski definition) is 4. The van der Waals surface area contributed by atoms with Gasteiger partial charge in [0.1, 0.15) is 17.8 Å². The third kappa shape index (κ3) is 9.82. The van der Waals surface area contributed by atoms with Crippen LogP contribution in [0.2, 0.25) is 0 Å². The maximum atomic E-state index is 14.5. The van der Waals surface area contributed by atoms with Crippen LogP contribution < -0.4 is 21.1 Å². The number of nitrogens with one attached hydrogen (secondary N) is 2. The first-order valence-electron chi connectivity index (χ1n) is 17.7. The van der Waals surface area contributed by atoms with Crippen LogP contribution in [-0.2, 0) is 24.0 Å². The minimum Gasteiger partial charge on any atom is -0.496 e. The topological polar surface area (TPSA) is 180 Å². The Bertz CT molecular complexity index is 1420. The smallest absolute Gasteiger partial charge is 0.287 e. The van der Waals surface area contributed by atoms with E-state index in [2.05, 4.69) is 15.8 Å². The van der Waals surface area contributed by atoms with E-state index in [9.17, 15) is 29.2 Å². The summed E-state index contributed by atoms with van der Waals surface area (Å²) in [7, 11) is 1.60. The van der Waals surface area contributed by atoms with Crippen molar-refractivity contribution in [3.05, 3.63) is 28.8 Å². The Morgan fingerprint density at radius 1 is 0.959 bits per heavy atom. The molecule has 0 spiro atoms. The lowest BCUT2D eigenvalue weighted by molar-refractivity contribution is -0.145. The zero-order valence-electron chi connectivity index (χ0n) is 30.0. The molecule has 4 atom stereocenters. The van der Waals surface area contributed by atoms with E-state index in [1.54, 1.807) is 7.11 Å². The number of carbonyl (C=O) groups is 5. The number of benzene rings is 1. The lowest BCUT2D eigenvalue weighted by Crippen LogP contribution is -2.59. The molecule has 1 saturated heterocycles. The van der Waals surface area contributed by atoms with Gasteiger partial charge in [-0.05, 0) is 92.4 Å². The Labute approximate surface area is 289 Å². The van der Waals surface area contributed by atoms with Crippen LogP contribution in [-0.4, -0.2) is 77.0 Å². The van der Waals surface area contributed by atoms with Gasteiger partial charge in [0.25, 0.3) is 5.91 Å². The molecule has 12 nitrogen and oxygen atoms in total. The van der Waals surface area contributed by atoms with Crippen molar-refractivity contribution >= 4 is 35.1 Å². The Hall–Kier alpha value is -3.96. The average molecular weight is 682 g/mol. The van der Waals surface area contributed by atoms with Crippen molar-refractivity contribution in [2.24, 2.45) is 34.1 Å². The number of primary amides is 1. The summed E-state index contributed by atoms with van der Waals surface area (Å²) in [4.78, 5) is 67.9. The van der Waals surface area contributed by atoms with Gasteiger partial charge in [-0.25, -0.2) is 0 Å². The quantitative estimate of drug-likeness (QED) is 0.0993. The summed E-state index contributed by atoms with van der Waals surface area (Å²) in [5.74, 6) is -2.18. The summed E-state index contributed by atoms with van der Waals surface area (Å²) in [6.07, 6.45) is 8.28. The number of carbonyl (C=O) groups excluding carboxylic acids is 5. The summed E-state index contributed by atoms with van der Waals surface area (Å²) < 4.78 is 5.50. The van der Waals surface area contributed by atoms with Crippen molar-refractivity contribution < 1.29 is 33.9 Å². The van der Waals surface area contributed by atoms with Gasteiger partial charge in [-0.3, -0.25) is 24.0 Å². The molecular formula is C37H55N5O7. The third-order valence-corrected chi connectivity index (χ3v) is 10.3. The van der Waals surface area contributed by atoms with Gasteiger partial charge in [-0.15, -0.1) is 0 Å². The summed E-state index contributed by atoms with van der Waals surface area (Å²) in [5.41, 5.74) is 7.50. The number of methoxy groups -OCH3 is 1. The molecule has 3 fully saturated rings. The van der Waals surface area contributed by atoms with E-state index in [1.165, 1.54) is 11.3 Å². The molecule has 2 aliphatic carbocycles. The second kappa shape index (κ2) is 16.2. The molecule has 270 valence electrons. The van der Waals surface area contributed by atoms with E-state index < -0.39 is 47.0 Å². The summed E-state index contributed by atoms with van der Waals surface area (Å²) in [6.45, 7) is 9.60. The number of aryl methyl sites for hydroxylation is 2. The van der Waals surface area contributed by atoms with Crippen molar-refractivity contribution in [2.75, 3.05) is 13.7 Å². The zero-order chi connectivity index (χ0) is 36.0. The molecule has 0 unspecified atom stereocenters. The van der Waals surface area contributed by atoms with Gasteiger partial charge in [-0.1, -0.05) is 58.0 Å². The first-order valence-corrected chi connectivity index (χ1v) is 17.7. The van der Waals surface area contributed by atoms with Gasteiger partial charge in [0.05, 0.1) is 18.9 Å². The zero-order valence-corrected chi connectivity index (χ0v) is 30.0. The minimum atomic E-state index is -1.12. The molecule has 12 heteroatoms. The highest BCUT2D eigenvalue weighted by Gasteiger charge is 2.46. The average Bonchev–Trinajstić information content (AvgIpc) is 3.76. The van der Waals surface area contributed by atoms with E-state index in [-0.39, 0.29) is 43.0 Å². The highest BCUT2D eigenvalue weighted by Crippen LogP contribution is 2.35. The SMILES string of the molecule is COc1c(C)cc(/C(C[C@H]2C[C@@H](C(=O)N[C@@H](CC3CC3)C(=O)C(N)=O)N(C(=O)[C@@H](NC(=O)CC3CCCCC3)C(C)(C)C)C2)=N/O)cc1C. The van der Waals surface area contributed by atoms with Gasteiger partial charge >= 0.3 is 0 Å². The number of hydrogen-bond acceptors (Lipinski definition) is 8. The van der Waals surface area contributed by atoms with Gasteiger partial charge < -0.3 is 31.2 Å². The van der Waals surface area contributed by atoms with Crippen molar-refractivity contribution in [3.8, 4) is 5.75 Å². The fourth-order valence-electron chi connectivity index (χ4n) is 7.54. The van der Waals surface area contributed by atoms with Gasteiger partial charge in [0.15, 0.2) is 0 Å². The molecule has 4 amide bonds. The number of oxime groups is 1. The van der Waals surface area contributed by atoms with E-state index in [0.717, 1.165) is 55.4 Å². The maximum absolute atomic E-state index is 14.5. The molecule has 49 heavy (non-hydrogen) atoms. The monoisotopic (exact) mass is 681 g/mol. The molecule has 3 aliphatic rings. The van der Waals surface area contributed by atoms with Crippen molar-refractivity contribution in [1.82, 2.24) is 15.5 Å². The Morgan fingerprint density at radius 3 is 2.12 bits per heavy atom. The molecule has 1 aliphatic heterocycles. The molecule has 5 N–H and O–H groups in total. The number of Topliss-reactive ketones (excluding diaryl/α,β-unsaturated/α-hetero) is 1. The number of likely N-dealkylation sites (tertiary alicyclic amines) is 1. The van der Waals surface area contributed by atoms with Crippen molar-refractivity contribution in [2.45, 2.75) is 123 Å². The highest BCUT2D eigenvalue weighted by atomic mass is 16.5. The number of amides is 4. The van der Waals surface area contributed by atoms with Crippen molar-refractivity contribution in [3.63, 3.8) is 0 Å². The van der Waals surface area contributed by atoms with Crippen LogP contribution in [0.25, 0.3) is 0 Å². The highest BCUT2D eigenvalue weighted by molar-refractivity contribution is 6.37. The van der Waals surface area contributed by atoms with Gasteiger partial charge in [-0.2, -0.15) is 0 Å². The molecule has 0 aromatic heterocycles. The molecular weight excluding hydrogens is 626 g/mol. The second-order valence-corrected chi connectivity index (χ2v) is 15.5. The minimum absolute atomic E-state index is 0.159. The van der Waals surface area contributed by atoms with Crippen LogP contribution in [0.15, 0.2) is 17.3 Å². The van der Waals surface area contributed by atoms with Crippen LogP contribution in [0.3, 0.4) is 0 Å². The first kappa shape index (κ1) is 37.9. The van der Waals surface area contributed by atoms with E-state index >= 15 is 0 Å². The Kier molecular flexibility index (Phi) is 12.5. The fourth-order valence-corrected chi connectivity index (χ4v) is 7.54. The lowest BCUT2D eigenvalue weighted by Gasteiger charge is -2.36. The molecule has 1 heterocycles. The fraction of sp³-hybridized carbons (Fsp3) is 0.676. The third-order valence-electron chi connectivity index (χ3n) is 10.3. The van der Waals surface area contributed by atoms with E-state index in [1.807, 2.05) is 46.8 Å². The summed E-state index contributed by atoms with van der Waals surface area (Å²) in [5, 5.41) is 19.5. The van der Waals surface area contributed by atoms with Crippen LogP contribution in [0.1, 0.15) is 108 Å². The normalized spacial score (nSPS) is 21.5. The molecule has 1 aromatic carbocycles. The molecule has 4 rings (SSSR count). The number of nitrogens with two attached hydrogens (primary N) is 1. The van der Waals surface area contributed by atoms with Crippen molar-refractivity contribution in [1.29, 1.82) is 0 Å². The summed E-state index contributed by atoms with van der Waals surface area (Å²) >= 11 is 0. The Morgan fingerprint density at radius 2 is 1.59 bits per heavy atom. The summed E-state index contributed by atoms with van der Waals surface area (Å²) in [6, 6.07) is 0.766. The van der Waals surface area contributed by atoms with Gasteiger partial charge in [0, 0.05) is 18.5 Å². The van der Waals surface area contributed by atoms with Crippen LogP contribution >= 0.6 is 0 Å². The standard InChI is InChI=1S/C37H55N5O7/c1-21-14-26(15-22(2)32(21)49-6)27(41-48)17-25-18-29(35(46)39-28(16-24-12-13-24)31(44)34(38)45)42(20-25)36(47)33(37(3,4)5)40-30(43)19-23-10-8-7-9-11-23/h14-15,23-25,28-29,33,48H,7-13,16-20H2,1-6H3,(H2,38,45)(H,39,46)(H,40,43)/b41-27+/t25-,28-,29-,33+/m0/s1. The second-order valence-electron chi connectivity index (χ2n) is 15.5. The van der Waals surface area contributed by atoms with E-state index in [0.29, 0.717) is 24.1 Å². The first-order chi connectivity index (χ1) is 23.1. The van der Waals surface area contributed by atoms with Crippen LogP contribution in [0, 0.1) is 37.0 Å². The Balaban J connectivity index is 1.60.